The van der Waals surface area contributed by atoms with Crippen LogP contribution < -0.4 is 10.6 Å². The predicted molar refractivity (Wildman–Crippen MR) is 65.0 cm³/mol. The van der Waals surface area contributed by atoms with E-state index in [9.17, 15) is 0 Å². The molecule has 86 valence electrons. The van der Waals surface area contributed by atoms with Gasteiger partial charge in [-0.25, -0.2) is 0 Å². The lowest BCUT2D eigenvalue weighted by atomic mass is 9.96. The first kappa shape index (κ1) is 11.1. The molecule has 1 atom stereocenters. The molecule has 3 nitrogen and oxygen atoms in total. The van der Waals surface area contributed by atoms with Gasteiger partial charge < -0.3 is 15.4 Å². The first-order valence-corrected chi connectivity index (χ1v) is 6.40. The fourth-order valence-electron chi connectivity index (χ4n) is 2.31. The van der Waals surface area contributed by atoms with Crippen LogP contribution in [-0.2, 0) is 4.74 Å². The average molecular weight is 228 g/mol. The summed E-state index contributed by atoms with van der Waals surface area (Å²) in [6.07, 6.45) is 7.67. The van der Waals surface area contributed by atoms with Crippen LogP contribution in [0, 0.1) is 0 Å². The van der Waals surface area contributed by atoms with Crippen LogP contribution in [0.15, 0.2) is 0 Å². The summed E-state index contributed by atoms with van der Waals surface area (Å²) in [6.45, 7) is 1.66. The van der Waals surface area contributed by atoms with E-state index in [1.807, 2.05) is 0 Å². The van der Waals surface area contributed by atoms with Gasteiger partial charge in [0.1, 0.15) is 0 Å². The van der Waals surface area contributed by atoms with Gasteiger partial charge in [-0.05, 0) is 31.5 Å². The Morgan fingerprint density at radius 2 is 1.73 bits per heavy atom. The SMILES string of the molecule is S=C(NC1CCCCC1)NC1CCOC1. The van der Waals surface area contributed by atoms with E-state index >= 15 is 0 Å². The van der Waals surface area contributed by atoms with Crippen molar-refractivity contribution in [2.75, 3.05) is 13.2 Å². The molecule has 0 radical (unpaired) electrons. The van der Waals surface area contributed by atoms with E-state index in [1.165, 1.54) is 32.1 Å². The molecule has 0 aromatic heterocycles. The maximum absolute atomic E-state index is 5.30. The van der Waals surface area contributed by atoms with E-state index in [0.717, 1.165) is 24.7 Å². The molecule has 2 rings (SSSR count). The van der Waals surface area contributed by atoms with Gasteiger partial charge in [0, 0.05) is 12.6 Å². The molecule has 0 aromatic carbocycles. The summed E-state index contributed by atoms with van der Waals surface area (Å²) >= 11 is 5.29. The third-order valence-electron chi connectivity index (χ3n) is 3.21. The van der Waals surface area contributed by atoms with Crippen LogP contribution >= 0.6 is 12.2 Å². The molecule has 2 N–H and O–H groups in total. The van der Waals surface area contributed by atoms with Gasteiger partial charge in [0.25, 0.3) is 0 Å². The van der Waals surface area contributed by atoms with Crippen LogP contribution in [0.25, 0.3) is 0 Å². The highest BCUT2D eigenvalue weighted by Gasteiger charge is 2.18. The molecule has 1 heterocycles. The van der Waals surface area contributed by atoms with Gasteiger partial charge in [0.15, 0.2) is 5.11 Å². The van der Waals surface area contributed by atoms with Crippen molar-refractivity contribution in [1.82, 2.24) is 10.6 Å². The smallest absolute Gasteiger partial charge is 0.166 e. The van der Waals surface area contributed by atoms with Crippen LogP contribution in [0.5, 0.6) is 0 Å². The lowest BCUT2D eigenvalue weighted by Crippen LogP contribution is -2.46. The van der Waals surface area contributed by atoms with Crippen LogP contribution in [0.1, 0.15) is 38.5 Å². The van der Waals surface area contributed by atoms with Gasteiger partial charge in [0.05, 0.1) is 12.6 Å². The van der Waals surface area contributed by atoms with Crippen molar-refractivity contribution >= 4 is 17.3 Å². The van der Waals surface area contributed by atoms with E-state index in [0.29, 0.717) is 12.1 Å². The maximum atomic E-state index is 5.30. The van der Waals surface area contributed by atoms with Crippen LogP contribution in [0.3, 0.4) is 0 Å². The fraction of sp³-hybridized carbons (Fsp3) is 0.909. The summed E-state index contributed by atoms with van der Waals surface area (Å²) in [5.41, 5.74) is 0. The quantitative estimate of drug-likeness (QED) is 0.703. The zero-order chi connectivity index (χ0) is 10.5. The standard InChI is InChI=1S/C11H20N2OS/c15-11(13-10-6-7-14-8-10)12-9-4-2-1-3-5-9/h9-10H,1-8H2,(H2,12,13,15). The summed E-state index contributed by atoms with van der Waals surface area (Å²) < 4.78 is 5.30. The normalized spacial score (nSPS) is 27.6. The summed E-state index contributed by atoms with van der Waals surface area (Å²) in [4.78, 5) is 0. The van der Waals surface area contributed by atoms with Gasteiger partial charge >= 0.3 is 0 Å². The average Bonchev–Trinajstić information content (AvgIpc) is 2.71. The highest BCUT2D eigenvalue weighted by molar-refractivity contribution is 7.80. The molecule has 1 saturated carbocycles. The first-order valence-electron chi connectivity index (χ1n) is 5.99. The van der Waals surface area contributed by atoms with Gasteiger partial charge in [0.2, 0.25) is 0 Å². The number of thiocarbonyl (C=S) groups is 1. The third kappa shape index (κ3) is 3.61. The molecule has 0 aromatic rings. The van der Waals surface area contributed by atoms with Crippen molar-refractivity contribution in [2.24, 2.45) is 0 Å². The Hall–Kier alpha value is -0.350. The summed E-state index contributed by atoms with van der Waals surface area (Å²) in [5, 5.41) is 7.55. The first-order chi connectivity index (χ1) is 7.34. The molecule has 1 saturated heterocycles. The Balaban J connectivity index is 1.66. The number of hydrogen-bond donors (Lipinski definition) is 2. The molecule has 4 heteroatoms. The number of hydrogen-bond acceptors (Lipinski definition) is 2. The maximum Gasteiger partial charge on any atom is 0.166 e. The van der Waals surface area contributed by atoms with Crippen molar-refractivity contribution in [3.63, 3.8) is 0 Å². The van der Waals surface area contributed by atoms with Gasteiger partial charge in [-0.1, -0.05) is 19.3 Å². The predicted octanol–water partition coefficient (Wildman–Crippen LogP) is 1.57. The Kier molecular flexibility index (Phi) is 4.20. The minimum atomic E-state index is 0.425. The molecule has 0 spiro atoms. The highest BCUT2D eigenvalue weighted by atomic mass is 32.1. The number of nitrogens with one attached hydrogen (secondary N) is 2. The lowest BCUT2D eigenvalue weighted by molar-refractivity contribution is 0.192. The van der Waals surface area contributed by atoms with E-state index in [4.69, 9.17) is 17.0 Å². The molecule has 15 heavy (non-hydrogen) atoms. The van der Waals surface area contributed by atoms with Crippen molar-refractivity contribution < 1.29 is 4.74 Å². The lowest BCUT2D eigenvalue weighted by Gasteiger charge is -2.25. The molecule has 1 unspecified atom stereocenters. The zero-order valence-corrected chi connectivity index (χ0v) is 9.94. The van der Waals surface area contributed by atoms with E-state index in [1.54, 1.807) is 0 Å². The Morgan fingerprint density at radius 3 is 2.40 bits per heavy atom. The van der Waals surface area contributed by atoms with E-state index in [2.05, 4.69) is 10.6 Å². The molecule has 0 bridgehead atoms. The third-order valence-corrected chi connectivity index (χ3v) is 3.44. The van der Waals surface area contributed by atoms with Crippen LogP contribution in [0.2, 0.25) is 0 Å². The minimum Gasteiger partial charge on any atom is -0.379 e. The van der Waals surface area contributed by atoms with Gasteiger partial charge in [-0.2, -0.15) is 0 Å². The van der Waals surface area contributed by atoms with Crippen molar-refractivity contribution in [1.29, 1.82) is 0 Å². The summed E-state index contributed by atoms with van der Waals surface area (Å²) in [7, 11) is 0. The topological polar surface area (TPSA) is 33.3 Å². The number of ether oxygens (including phenoxy) is 1. The fourth-order valence-corrected chi connectivity index (χ4v) is 2.64. The minimum absolute atomic E-state index is 0.425. The molecule has 2 fully saturated rings. The Morgan fingerprint density at radius 1 is 1.00 bits per heavy atom. The Bertz CT molecular complexity index is 211. The largest absolute Gasteiger partial charge is 0.379 e. The van der Waals surface area contributed by atoms with Crippen LogP contribution in [0.4, 0.5) is 0 Å². The van der Waals surface area contributed by atoms with Gasteiger partial charge in [-0.15, -0.1) is 0 Å². The zero-order valence-electron chi connectivity index (χ0n) is 9.13. The van der Waals surface area contributed by atoms with E-state index < -0.39 is 0 Å². The van der Waals surface area contributed by atoms with E-state index in [-0.39, 0.29) is 0 Å². The highest BCUT2D eigenvalue weighted by Crippen LogP contribution is 2.17. The molecule has 1 aliphatic heterocycles. The summed E-state index contributed by atoms with van der Waals surface area (Å²) in [6, 6.07) is 1.02. The molecule has 0 amide bonds. The molecular weight excluding hydrogens is 208 g/mol. The molecule has 1 aliphatic carbocycles. The number of rotatable bonds is 2. The Labute approximate surface area is 96.9 Å². The van der Waals surface area contributed by atoms with Crippen molar-refractivity contribution in [3.05, 3.63) is 0 Å². The second kappa shape index (κ2) is 5.66. The molecular formula is C11H20N2OS. The van der Waals surface area contributed by atoms with Crippen molar-refractivity contribution in [2.45, 2.75) is 50.6 Å². The van der Waals surface area contributed by atoms with Gasteiger partial charge in [-0.3, -0.25) is 0 Å². The molecule has 2 aliphatic rings. The summed E-state index contributed by atoms with van der Waals surface area (Å²) in [5.74, 6) is 0. The second-order valence-electron chi connectivity index (χ2n) is 4.51. The van der Waals surface area contributed by atoms with Crippen molar-refractivity contribution in [3.8, 4) is 0 Å². The van der Waals surface area contributed by atoms with Crippen LogP contribution in [-0.4, -0.2) is 30.4 Å². The second-order valence-corrected chi connectivity index (χ2v) is 4.92. The monoisotopic (exact) mass is 228 g/mol.